The highest BCUT2D eigenvalue weighted by Crippen LogP contribution is 2.38. The molecule has 1 N–H and O–H groups in total. The lowest BCUT2D eigenvalue weighted by Crippen LogP contribution is -2.25. The van der Waals surface area contributed by atoms with Crippen LogP contribution in [0.4, 0.5) is 17.3 Å². The lowest BCUT2D eigenvalue weighted by Gasteiger charge is -2.22. The first kappa shape index (κ1) is 26.7. The van der Waals surface area contributed by atoms with E-state index in [0.29, 0.717) is 53.8 Å². The quantitative estimate of drug-likeness (QED) is 0.312. The summed E-state index contributed by atoms with van der Waals surface area (Å²) in [5.41, 5.74) is 4.77. The van der Waals surface area contributed by atoms with Crippen LogP contribution in [0.3, 0.4) is 0 Å². The Balaban J connectivity index is 1.33. The summed E-state index contributed by atoms with van der Waals surface area (Å²) in [5, 5.41) is 9.39. The molecule has 0 bridgehead atoms. The molecule has 2 aromatic carbocycles. The smallest absolute Gasteiger partial charge is 0.335 e. The van der Waals surface area contributed by atoms with Gasteiger partial charge in [0.05, 0.1) is 30.5 Å². The van der Waals surface area contributed by atoms with Crippen molar-refractivity contribution in [3.63, 3.8) is 0 Å². The van der Waals surface area contributed by atoms with E-state index in [-0.39, 0.29) is 11.5 Å². The van der Waals surface area contributed by atoms with Crippen molar-refractivity contribution < 1.29 is 24.2 Å². The lowest BCUT2D eigenvalue weighted by molar-refractivity contribution is 0.0696. The summed E-state index contributed by atoms with van der Waals surface area (Å²) in [5.74, 6) is 1.47. The number of aromatic nitrogens is 2. The minimum atomic E-state index is -0.996. The third-order valence-electron chi connectivity index (χ3n) is 6.99. The number of anilines is 3. The molecule has 0 saturated carbocycles. The van der Waals surface area contributed by atoms with Gasteiger partial charge >= 0.3 is 5.97 Å². The molecule has 5 rings (SSSR count). The maximum absolute atomic E-state index is 13.4. The Morgan fingerprint density at radius 3 is 2.52 bits per heavy atom. The van der Waals surface area contributed by atoms with Crippen LogP contribution in [0.2, 0.25) is 0 Å². The maximum Gasteiger partial charge on any atom is 0.335 e. The van der Waals surface area contributed by atoms with E-state index in [1.54, 1.807) is 43.6 Å². The number of amides is 1. The summed E-state index contributed by atoms with van der Waals surface area (Å²) < 4.78 is 11.5. The van der Waals surface area contributed by atoms with Crippen LogP contribution in [0.25, 0.3) is 11.1 Å². The number of aromatic carboxylic acids is 1. The summed E-state index contributed by atoms with van der Waals surface area (Å²) in [7, 11) is 3.31. The van der Waals surface area contributed by atoms with Crippen LogP contribution in [0.5, 0.6) is 11.5 Å². The Labute approximate surface area is 232 Å². The Kier molecular flexibility index (Phi) is 7.37. The van der Waals surface area contributed by atoms with Gasteiger partial charge in [-0.05, 0) is 79.1 Å². The highest BCUT2D eigenvalue weighted by atomic mass is 16.5. The average molecular weight is 539 g/mol. The van der Waals surface area contributed by atoms with E-state index in [1.165, 1.54) is 6.07 Å². The van der Waals surface area contributed by atoms with Crippen LogP contribution in [0.1, 0.15) is 38.8 Å². The van der Waals surface area contributed by atoms with Gasteiger partial charge in [-0.25, -0.2) is 14.8 Å². The molecule has 3 heterocycles. The monoisotopic (exact) mass is 538 g/mol. The number of nitrogens with zero attached hydrogens (tertiary/aromatic N) is 4. The Hall–Kier alpha value is -4.92. The standard InChI is InChI=1S/C31H30N4O5/c1-5-35-28-24(30(36)34(3)25-7-6-13-32-29(25)35)16-20(18-33-28)12-14-40-26-10-8-21(15-19(26)2)23-17-22(31(37)38)9-11-27(23)39-4/h6-11,13,15-18H,5,12,14H2,1-4H3,(H,37,38). The number of methoxy groups -OCH3 is 1. The van der Waals surface area contributed by atoms with E-state index < -0.39 is 5.97 Å². The minimum Gasteiger partial charge on any atom is -0.496 e. The first-order valence-electron chi connectivity index (χ1n) is 13.0. The number of pyridine rings is 2. The molecule has 9 nitrogen and oxygen atoms in total. The fourth-order valence-corrected chi connectivity index (χ4v) is 4.88. The molecule has 0 saturated heterocycles. The number of carbonyl (C=O) groups is 2. The molecule has 0 spiro atoms. The van der Waals surface area contributed by atoms with Crippen LogP contribution in [0.15, 0.2) is 67.0 Å². The van der Waals surface area contributed by atoms with E-state index in [4.69, 9.17) is 9.47 Å². The largest absolute Gasteiger partial charge is 0.496 e. The fraction of sp³-hybridized carbons (Fsp3) is 0.226. The molecular weight excluding hydrogens is 508 g/mol. The van der Waals surface area contributed by atoms with Gasteiger partial charge in [-0.3, -0.25) is 4.79 Å². The van der Waals surface area contributed by atoms with Gasteiger partial charge in [0.2, 0.25) is 0 Å². The molecule has 2 aromatic heterocycles. The summed E-state index contributed by atoms with van der Waals surface area (Å²) in [6.07, 6.45) is 4.06. The molecule has 0 atom stereocenters. The zero-order valence-corrected chi connectivity index (χ0v) is 22.8. The van der Waals surface area contributed by atoms with Crippen LogP contribution < -0.4 is 19.3 Å². The molecular formula is C31H30N4O5. The van der Waals surface area contributed by atoms with Crippen LogP contribution in [-0.4, -0.2) is 54.3 Å². The molecule has 0 radical (unpaired) electrons. The zero-order valence-electron chi connectivity index (χ0n) is 22.8. The van der Waals surface area contributed by atoms with Gasteiger partial charge < -0.3 is 24.4 Å². The normalized spacial score (nSPS) is 12.4. The fourth-order valence-electron chi connectivity index (χ4n) is 4.88. The third kappa shape index (κ3) is 4.93. The number of aryl methyl sites for hydroxylation is 1. The van der Waals surface area contributed by atoms with Gasteiger partial charge in [-0.2, -0.15) is 0 Å². The molecule has 9 heteroatoms. The molecule has 0 unspecified atom stereocenters. The number of hydrogen-bond donors (Lipinski definition) is 1. The SMILES string of the molecule is CCN1c2ncc(CCOc3ccc(-c4cc(C(=O)O)ccc4OC)cc3C)cc2C(=O)N(C)c2cccnc21. The minimum absolute atomic E-state index is 0.135. The number of carboxylic acids is 1. The predicted octanol–water partition coefficient (Wildman–Crippen LogP) is 5.53. The van der Waals surface area contributed by atoms with Crippen LogP contribution in [0, 0.1) is 6.92 Å². The summed E-state index contributed by atoms with van der Waals surface area (Å²) >= 11 is 0. The number of benzene rings is 2. The number of fused-ring (bicyclic) bond motifs is 2. The van der Waals surface area contributed by atoms with Gasteiger partial charge in [0.15, 0.2) is 5.82 Å². The Morgan fingerprint density at radius 2 is 1.80 bits per heavy atom. The number of rotatable bonds is 8. The topological polar surface area (TPSA) is 105 Å². The molecule has 0 aliphatic carbocycles. The van der Waals surface area contributed by atoms with Crippen molar-refractivity contribution in [2.75, 3.05) is 37.1 Å². The first-order chi connectivity index (χ1) is 19.3. The zero-order chi connectivity index (χ0) is 28.4. The molecule has 40 heavy (non-hydrogen) atoms. The highest BCUT2D eigenvalue weighted by Gasteiger charge is 2.30. The van der Waals surface area contributed by atoms with Crippen molar-refractivity contribution in [1.82, 2.24) is 9.97 Å². The van der Waals surface area contributed by atoms with Gasteiger partial charge in [0.25, 0.3) is 5.91 Å². The number of hydrogen-bond acceptors (Lipinski definition) is 7. The number of carboxylic acid groups (broad SMARTS) is 1. The van der Waals surface area contributed by atoms with E-state index in [2.05, 4.69) is 9.97 Å². The van der Waals surface area contributed by atoms with Gasteiger partial charge in [-0.15, -0.1) is 0 Å². The second kappa shape index (κ2) is 11.1. The first-order valence-corrected chi connectivity index (χ1v) is 13.0. The molecule has 1 aliphatic heterocycles. The summed E-state index contributed by atoms with van der Waals surface area (Å²) in [6.45, 7) is 4.96. The average Bonchev–Trinajstić information content (AvgIpc) is 3.06. The van der Waals surface area contributed by atoms with Crippen LogP contribution in [-0.2, 0) is 6.42 Å². The summed E-state index contributed by atoms with van der Waals surface area (Å²) in [4.78, 5) is 37.6. The van der Waals surface area contributed by atoms with Crippen molar-refractivity contribution in [3.05, 3.63) is 89.2 Å². The van der Waals surface area contributed by atoms with E-state index in [1.807, 2.05) is 55.1 Å². The Bertz CT molecular complexity index is 1600. The van der Waals surface area contributed by atoms with Crippen molar-refractivity contribution >= 4 is 29.2 Å². The van der Waals surface area contributed by atoms with Crippen molar-refractivity contribution in [1.29, 1.82) is 0 Å². The highest BCUT2D eigenvalue weighted by molar-refractivity contribution is 6.12. The third-order valence-corrected chi connectivity index (χ3v) is 6.99. The molecule has 0 fully saturated rings. The number of carbonyl (C=O) groups excluding carboxylic acids is 1. The van der Waals surface area contributed by atoms with Gasteiger partial charge in [0.1, 0.15) is 17.3 Å². The molecule has 204 valence electrons. The second-order valence-corrected chi connectivity index (χ2v) is 9.47. The second-order valence-electron chi connectivity index (χ2n) is 9.47. The van der Waals surface area contributed by atoms with E-state index in [0.717, 1.165) is 22.4 Å². The Morgan fingerprint density at radius 1 is 1.00 bits per heavy atom. The predicted molar refractivity (Wildman–Crippen MR) is 153 cm³/mol. The van der Waals surface area contributed by atoms with Gasteiger partial charge in [0, 0.05) is 38.0 Å². The van der Waals surface area contributed by atoms with Crippen molar-refractivity contribution in [2.45, 2.75) is 20.3 Å². The van der Waals surface area contributed by atoms with E-state index >= 15 is 0 Å². The molecule has 4 aromatic rings. The van der Waals surface area contributed by atoms with Crippen molar-refractivity contribution in [2.24, 2.45) is 0 Å². The summed E-state index contributed by atoms with van der Waals surface area (Å²) in [6, 6.07) is 16.1. The molecule has 1 amide bonds. The lowest BCUT2D eigenvalue weighted by atomic mass is 10.00. The van der Waals surface area contributed by atoms with Gasteiger partial charge in [-0.1, -0.05) is 6.07 Å². The number of ether oxygens (including phenoxy) is 2. The maximum atomic E-state index is 13.4. The van der Waals surface area contributed by atoms with Crippen LogP contribution >= 0.6 is 0 Å². The molecule has 1 aliphatic rings. The van der Waals surface area contributed by atoms with Crippen molar-refractivity contribution in [3.8, 4) is 22.6 Å². The van der Waals surface area contributed by atoms with E-state index in [9.17, 15) is 14.7 Å².